The molecule has 0 saturated heterocycles. The highest BCUT2D eigenvalue weighted by Crippen LogP contribution is 2.23. The van der Waals surface area contributed by atoms with Gasteiger partial charge in [-0.25, -0.2) is 0 Å². The van der Waals surface area contributed by atoms with Crippen molar-refractivity contribution in [2.75, 3.05) is 6.61 Å². The van der Waals surface area contributed by atoms with Crippen LogP contribution in [0.5, 0.6) is 5.75 Å². The van der Waals surface area contributed by atoms with Gasteiger partial charge in [-0.3, -0.25) is 0 Å². The first-order valence-corrected chi connectivity index (χ1v) is 8.52. The van der Waals surface area contributed by atoms with Crippen LogP contribution in [0, 0.1) is 0 Å². The van der Waals surface area contributed by atoms with Crippen LogP contribution in [0.4, 0.5) is 13.2 Å². The van der Waals surface area contributed by atoms with Gasteiger partial charge in [0.2, 0.25) is 0 Å². The molecule has 136 valence electrons. The Labute approximate surface area is 145 Å². The molecule has 0 bridgehead atoms. The molecule has 0 heterocycles. The van der Waals surface area contributed by atoms with Crippen LogP contribution in [0.2, 0.25) is 5.02 Å². The number of unbranched alkanes of at least 4 members (excludes halogenated alkanes) is 6. The summed E-state index contributed by atoms with van der Waals surface area (Å²) in [6.07, 6.45) is 0.610. The molecule has 1 rings (SSSR count). The van der Waals surface area contributed by atoms with Crippen molar-refractivity contribution in [3.05, 3.63) is 23.2 Å². The first-order chi connectivity index (χ1) is 11.3. The number of ether oxygens (including phenoxy) is 1. The normalized spacial score (nSPS) is 11.6. The van der Waals surface area contributed by atoms with Crippen LogP contribution in [-0.4, -0.2) is 29.9 Å². The molecule has 0 aromatic heterocycles. The standard InChI is InChI=1S/C16H23BClF3O3/c18-15-9-8-13(12-14(15)17(22)23)24-11-7-5-3-1-2-4-6-10-16(19,20)21/h8-9,12,22-23H,1-7,10-11H2. The van der Waals surface area contributed by atoms with E-state index < -0.39 is 19.7 Å². The molecule has 0 amide bonds. The first-order valence-electron chi connectivity index (χ1n) is 8.15. The second-order valence-corrected chi connectivity index (χ2v) is 6.15. The fourth-order valence-corrected chi connectivity index (χ4v) is 2.53. The van der Waals surface area contributed by atoms with Crippen LogP contribution in [0.25, 0.3) is 0 Å². The van der Waals surface area contributed by atoms with Gasteiger partial charge in [0.25, 0.3) is 0 Å². The summed E-state index contributed by atoms with van der Waals surface area (Å²) in [7, 11) is -1.64. The summed E-state index contributed by atoms with van der Waals surface area (Å²) in [5.41, 5.74) is 0.202. The van der Waals surface area contributed by atoms with Crippen LogP contribution < -0.4 is 10.2 Å². The zero-order chi connectivity index (χ0) is 18.0. The van der Waals surface area contributed by atoms with E-state index in [0.717, 1.165) is 32.1 Å². The van der Waals surface area contributed by atoms with E-state index in [1.165, 1.54) is 6.07 Å². The zero-order valence-corrected chi connectivity index (χ0v) is 14.2. The Balaban J connectivity index is 2.06. The summed E-state index contributed by atoms with van der Waals surface area (Å²) < 4.78 is 41.4. The van der Waals surface area contributed by atoms with Crippen molar-refractivity contribution in [1.29, 1.82) is 0 Å². The highest BCUT2D eigenvalue weighted by Gasteiger charge is 2.25. The second-order valence-electron chi connectivity index (χ2n) is 5.75. The molecule has 24 heavy (non-hydrogen) atoms. The summed E-state index contributed by atoms with van der Waals surface area (Å²) in [4.78, 5) is 0. The van der Waals surface area contributed by atoms with Gasteiger partial charge in [-0.2, -0.15) is 13.2 Å². The van der Waals surface area contributed by atoms with E-state index in [2.05, 4.69) is 0 Å². The molecule has 0 aliphatic heterocycles. The molecule has 1 aromatic carbocycles. The van der Waals surface area contributed by atoms with E-state index in [4.69, 9.17) is 26.4 Å². The molecule has 0 fully saturated rings. The van der Waals surface area contributed by atoms with Crippen LogP contribution in [0.1, 0.15) is 51.4 Å². The van der Waals surface area contributed by atoms with Crippen molar-refractivity contribution in [3.8, 4) is 5.75 Å². The Kier molecular flexibility index (Phi) is 9.55. The number of alkyl halides is 3. The summed E-state index contributed by atoms with van der Waals surface area (Å²) in [5, 5.41) is 18.6. The lowest BCUT2D eigenvalue weighted by Crippen LogP contribution is -2.30. The number of hydrogen-bond acceptors (Lipinski definition) is 3. The third-order valence-corrected chi connectivity index (χ3v) is 3.96. The molecule has 0 unspecified atom stereocenters. The van der Waals surface area contributed by atoms with Crippen LogP contribution in [-0.2, 0) is 0 Å². The summed E-state index contributed by atoms with van der Waals surface area (Å²) in [6.45, 7) is 0.497. The molecule has 0 aliphatic rings. The number of hydrogen-bond donors (Lipinski definition) is 2. The van der Waals surface area contributed by atoms with Crippen molar-refractivity contribution in [3.63, 3.8) is 0 Å². The SMILES string of the molecule is OB(O)c1cc(OCCCCCCCCCC(F)(F)F)ccc1Cl. The third-order valence-electron chi connectivity index (χ3n) is 3.62. The molecule has 0 radical (unpaired) electrons. The van der Waals surface area contributed by atoms with E-state index in [1.54, 1.807) is 12.1 Å². The highest BCUT2D eigenvalue weighted by atomic mass is 35.5. The maximum atomic E-state index is 12.0. The number of benzene rings is 1. The maximum absolute atomic E-state index is 12.0. The molecule has 0 aliphatic carbocycles. The zero-order valence-electron chi connectivity index (χ0n) is 13.5. The van der Waals surface area contributed by atoms with Gasteiger partial charge in [-0.05, 0) is 31.0 Å². The van der Waals surface area contributed by atoms with E-state index in [-0.39, 0.29) is 16.9 Å². The predicted molar refractivity (Wildman–Crippen MR) is 89.8 cm³/mol. The second kappa shape index (κ2) is 10.8. The van der Waals surface area contributed by atoms with Gasteiger partial charge in [0.05, 0.1) is 6.61 Å². The van der Waals surface area contributed by atoms with E-state index in [0.29, 0.717) is 18.8 Å². The van der Waals surface area contributed by atoms with Gasteiger partial charge in [0.1, 0.15) is 5.75 Å². The Morgan fingerprint density at radius 3 is 2.12 bits per heavy atom. The average Bonchev–Trinajstić information content (AvgIpc) is 2.49. The van der Waals surface area contributed by atoms with E-state index in [9.17, 15) is 13.2 Å². The summed E-state index contributed by atoms with van der Waals surface area (Å²) in [5.74, 6) is 0.523. The van der Waals surface area contributed by atoms with E-state index >= 15 is 0 Å². The average molecular weight is 367 g/mol. The molecular formula is C16H23BClF3O3. The van der Waals surface area contributed by atoms with Crippen molar-refractivity contribution in [2.24, 2.45) is 0 Å². The van der Waals surface area contributed by atoms with Crippen molar-refractivity contribution >= 4 is 24.2 Å². The van der Waals surface area contributed by atoms with Gasteiger partial charge >= 0.3 is 13.3 Å². The fourth-order valence-electron chi connectivity index (χ4n) is 2.31. The lowest BCUT2D eigenvalue weighted by molar-refractivity contribution is -0.135. The Morgan fingerprint density at radius 2 is 1.54 bits per heavy atom. The largest absolute Gasteiger partial charge is 0.494 e. The van der Waals surface area contributed by atoms with Gasteiger partial charge in [-0.1, -0.05) is 43.7 Å². The minimum absolute atomic E-state index is 0.202. The summed E-state index contributed by atoms with van der Waals surface area (Å²) in [6, 6.07) is 4.70. The van der Waals surface area contributed by atoms with Gasteiger partial charge in [0, 0.05) is 16.9 Å². The topological polar surface area (TPSA) is 49.7 Å². The molecule has 3 nitrogen and oxygen atoms in total. The molecule has 0 atom stereocenters. The van der Waals surface area contributed by atoms with Crippen LogP contribution >= 0.6 is 11.6 Å². The highest BCUT2D eigenvalue weighted by molar-refractivity contribution is 6.62. The Bertz CT molecular complexity index is 484. The van der Waals surface area contributed by atoms with Crippen LogP contribution in [0.15, 0.2) is 18.2 Å². The van der Waals surface area contributed by atoms with Crippen molar-refractivity contribution in [2.45, 2.75) is 57.5 Å². The lowest BCUT2D eigenvalue weighted by Gasteiger charge is -2.09. The predicted octanol–water partition coefficient (Wildman–Crippen LogP) is 4.08. The number of halogens is 4. The number of rotatable bonds is 11. The molecule has 0 spiro atoms. The van der Waals surface area contributed by atoms with Crippen molar-refractivity contribution < 1.29 is 28.0 Å². The monoisotopic (exact) mass is 366 g/mol. The minimum Gasteiger partial charge on any atom is -0.494 e. The Hall–Kier alpha value is -0.915. The molecule has 1 aromatic rings. The molecule has 2 N–H and O–H groups in total. The lowest BCUT2D eigenvalue weighted by atomic mass is 9.80. The molecule has 8 heteroatoms. The Morgan fingerprint density at radius 1 is 0.958 bits per heavy atom. The smallest absolute Gasteiger partial charge is 0.490 e. The van der Waals surface area contributed by atoms with Gasteiger partial charge in [0.15, 0.2) is 0 Å². The maximum Gasteiger partial charge on any atom is 0.490 e. The van der Waals surface area contributed by atoms with Crippen LogP contribution in [0.3, 0.4) is 0 Å². The minimum atomic E-state index is -4.04. The molecular weight excluding hydrogens is 343 g/mol. The first kappa shape index (κ1) is 21.1. The van der Waals surface area contributed by atoms with Gasteiger partial charge in [-0.15, -0.1) is 0 Å². The summed E-state index contributed by atoms with van der Waals surface area (Å²) >= 11 is 5.83. The van der Waals surface area contributed by atoms with Crippen molar-refractivity contribution in [1.82, 2.24) is 0 Å². The molecule has 0 saturated carbocycles. The van der Waals surface area contributed by atoms with E-state index in [1.807, 2.05) is 0 Å². The quantitative estimate of drug-likeness (QED) is 0.458. The third kappa shape index (κ3) is 9.40. The van der Waals surface area contributed by atoms with Gasteiger partial charge < -0.3 is 14.8 Å². The fraction of sp³-hybridized carbons (Fsp3) is 0.625.